The number of nitrogens with zero attached hydrogens (tertiary/aromatic N) is 3. The zero-order chi connectivity index (χ0) is 20.8. The summed E-state index contributed by atoms with van der Waals surface area (Å²) in [5.74, 6) is 1.36. The van der Waals surface area contributed by atoms with Gasteiger partial charge in [0.15, 0.2) is 11.5 Å². The molecule has 0 amide bonds. The minimum absolute atomic E-state index is 0.652. The summed E-state index contributed by atoms with van der Waals surface area (Å²) in [5, 5.41) is 11.0. The van der Waals surface area contributed by atoms with Crippen LogP contribution in [0.3, 0.4) is 0 Å². The van der Waals surface area contributed by atoms with Crippen LogP contribution in [-0.2, 0) is 19.4 Å². The van der Waals surface area contributed by atoms with Crippen LogP contribution in [0.2, 0.25) is 0 Å². The van der Waals surface area contributed by atoms with E-state index < -0.39 is 0 Å². The lowest BCUT2D eigenvalue weighted by atomic mass is 9.95. The minimum Gasteiger partial charge on any atom is -0.493 e. The van der Waals surface area contributed by atoms with E-state index in [1.165, 1.54) is 11.1 Å². The fourth-order valence-corrected chi connectivity index (χ4v) is 4.97. The van der Waals surface area contributed by atoms with E-state index in [-0.39, 0.29) is 0 Å². The average molecular weight is 482 g/mol. The molecule has 0 N–H and O–H groups in total. The van der Waals surface area contributed by atoms with Crippen molar-refractivity contribution >= 4 is 39.3 Å². The SMILES string of the molecule is COc1cc2c(c(S)c1OC)-c1c3cnnc(Cc4ccc(Br)cc4)c3cn1CC2. The topological polar surface area (TPSA) is 49.2 Å². The normalized spacial score (nSPS) is 12.5. The van der Waals surface area contributed by atoms with Gasteiger partial charge in [0.25, 0.3) is 0 Å². The van der Waals surface area contributed by atoms with Gasteiger partial charge in [-0.25, -0.2) is 0 Å². The molecule has 0 radical (unpaired) electrons. The molecule has 0 saturated carbocycles. The second kappa shape index (κ2) is 7.63. The van der Waals surface area contributed by atoms with Crippen molar-refractivity contribution < 1.29 is 9.47 Å². The molecule has 0 spiro atoms. The molecule has 30 heavy (non-hydrogen) atoms. The summed E-state index contributed by atoms with van der Waals surface area (Å²) in [6.07, 6.45) is 5.68. The van der Waals surface area contributed by atoms with Crippen molar-refractivity contribution in [1.82, 2.24) is 14.8 Å². The smallest absolute Gasteiger partial charge is 0.174 e. The van der Waals surface area contributed by atoms with Crippen LogP contribution in [0.1, 0.15) is 16.8 Å². The molecule has 1 aliphatic heterocycles. The Labute approximate surface area is 188 Å². The molecule has 5 nitrogen and oxygen atoms in total. The van der Waals surface area contributed by atoms with Crippen molar-refractivity contribution in [1.29, 1.82) is 0 Å². The summed E-state index contributed by atoms with van der Waals surface area (Å²) in [6.45, 7) is 0.886. The lowest BCUT2D eigenvalue weighted by molar-refractivity contribution is 0.347. The Morgan fingerprint density at radius 3 is 2.67 bits per heavy atom. The Bertz CT molecular complexity index is 1270. The molecule has 0 bridgehead atoms. The fourth-order valence-electron chi connectivity index (χ4n) is 4.25. The van der Waals surface area contributed by atoms with Crippen LogP contribution in [0.5, 0.6) is 11.5 Å². The zero-order valence-electron chi connectivity index (χ0n) is 16.6. The first-order valence-corrected chi connectivity index (χ1v) is 10.9. The Hall–Kier alpha value is -2.51. The molecule has 0 saturated heterocycles. The van der Waals surface area contributed by atoms with E-state index in [1.807, 2.05) is 6.20 Å². The Morgan fingerprint density at radius 1 is 1.13 bits per heavy atom. The Kier molecular flexibility index (Phi) is 4.95. The first kappa shape index (κ1) is 19.5. The van der Waals surface area contributed by atoms with Crippen molar-refractivity contribution in [3.8, 4) is 22.8 Å². The second-order valence-electron chi connectivity index (χ2n) is 7.34. The van der Waals surface area contributed by atoms with Crippen molar-refractivity contribution in [2.45, 2.75) is 24.3 Å². The molecule has 2 aromatic carbocycles. The number of halogens is 1. The van der Waals surface area contributed by atoms with E-state index in [4.69, 9.17) is 22.1 Å². The van der Waals surface area contributed by atoms with Crippen molar-refractivity contribution in [2.24, 2.45) is 0 Å². The maximum Gasteiger partial charge on any atom is 0.174 e. The highest BCUT2D eigenvalue weighted by Gasteiger charge is 2.27. The van der Waals surface area contributed by atoms with Gasteiger partial charge >= 0.3 is 0 Å². The molecule has 0 fully saturated rings. The number of fused-ring (bicyclic) bond motifs is 5. The van der Waals surface area contributed by atoms with Crippen LogP contribution in [0, 0.1) is 0 Å². The summed E-state index contributed by atoms with van der Waals surface area (Å²) in [5.41, 5.74) is 5.57. The minimum atomic E-state index is 0.652. The molecular formula is C23H20BrN3O2S. The molecule has 0 aliphatic carbocycles. The summed E-state index contributed by atoms with van der Waals surface area (Å²) >= 11 is 8.33. The van der Waals surface area contributed by atoms with Crippen LogP contribution in [-0.4, -0.2) is 29.0 Å². The largest absolute Gasteiger partial charge is 0.493 e. The fraction of sp³-hybridized carbons (Fsp3) is 0.217. The highest BCUT2D eigenvalue weighted by Crippen LogP contribution is 2.47. The van der Waals surface area contributed by atoms with Gasteiger partial charge in [0, 0.05) is 40.0 Å². The maximum atomic E-state index is 5.61. The van der Waals surface area contributed by atoms with E-state index in [0.29, 0.717) is 11.5 Å². The molecule has 0 atom stereocenters. The average Bonchev–Trinajstić information content (AvgIpc) is 3.14. The molecule has 7 heteroatoms. The number of hydrogen-bond donors (Lipinski definition) is 1. The number of hydrogen-bond acceptors (Lipinski definition) is 5. The monoisotopic (exact) mass is 481 g/mol. The highest BCUT2D eigenvalue weighted by atomic mass is 79.9. The number of benzene rings is 2. The van der Waals surface area contributed by atoms with Crippen molar-refractivity contribution in [2.75, 3.05) is 14.2 Å². The van der Waals surface area contributed by atoms with Gasteiger partial charge in [0.2, 0.25) is 0 Å². The van der Waals surface area contributed by atoms with Crippen LogP contribution in [0.15, 0.2) is 52.1 Å². The third-order valence-electron chi connectivity index (χ3n) is 5.66. The highest BCUT2D eigenvalue weighted by molar-refractivity contribution is 9.10. The third-order valence-corrected chi connectivity index (χ3v) is 6.62. The number of ether oxygens (including phenoxy) is 2. The molecule has 152 valence electrons. The summed E-state index contributed by atoms with van der Waals surface area (Å²) < 4.78 is 14.5. The zero-order valence-corrected chi connectivity index (χ0v) is 19.1. The number of thiol groups is 1. The third kappa shape index (κ3) is 3.08. The number of rotatable bonds is 4. The Balaban J connectivity index is 1.69. The van der Waals surface area contributed by atoms with Crippen molar-refractivity contribution in [3.05, 3.63) is 64.0 Å². The summed E-state index contributed by atoms with van der Waals surface area (Å²) in [4.78, 5) is 0.791. The van der Waals surface area contributed by atoms with Gasteiger partial charge in [-0.2, -0.15) is 10.2 Å². The van der Waals surface area contributed by atoms with E-state index >= 15 is 0 Å². The molecule has 2 aromatic heterocycles. The van der Waals surface area contributed by atoms with Crippen LogP contribution >= 0.6 is 28.6 Å². The predicted octanol–water partition coefficient (Wildman–Crippen LogP) is 5.31. The molecule has 5 rings (SSSR count). The van der Waals surface area contributed by atoms with Gasteiger partial charge in [-0.15, -0.1) is 12.6 Å². The molecule has 1 aliphatic rings. The summed E-state index contributed by atoms with van der Waals surface area (Å²) in [7, 11) is 3.30. The lowest BCUT2D eigenvalue weighted by Gasteiger charge is -2.24. The quantitative estimate of drug-likeness (QED) is 0.401. The van der Waals surface area contributed by atoms with Gasteiger partial charge in [-0.3, -0.25) is 0 Å². The molecule has 0 unspecified atom stereocenters. The second-order valence-corrected chi connectivity index (χ2v) is 8.70. The van der Waals surface area contributed by atoms with Crippen molar-refractivity contribution in [3.63, 3.8) is 0 Å². The van der Waals surface area contributed by atoms with Gasteiger partial charge in [-0.05, 0) is 35.7 Å². The molecular weight excluding hydrogens is 462 g/mol. The van der Waals surface area contributed by atoms with E-state index in [0.717, 1.165) is 56.5 Å². The van der Waals surface area contributed by atoms with Crippen LogP contribution in [0.25, 0.3) is 22.0 Å². The standard InChI is InChI=1S/C23H20BrN3O2S/c1-28-19-10-14-7-8-27-12-17-16(21(27)20(14)23(30)22(19)29-2)11-25-26-18(17)9-13-3-5-15(24)6-4-13/h3-6,10-12,30H,7-9H2,1-2H3. The molecule has 3 heterocycles. The van der Waals surface area contributed by atoms with E-state index in [9.17, 15) is 0 Å². The van der Waals surface area contributed by atoms with Gasteiger partial charge < -0.3 is 14.0 Å². The van der Waals surface area contributed by atoms with Gasteiger partial charge in [0.1, 0.15) is 0 Å². The maximum absolute atomic E-state index is 5.61. The van der Waals surface area contributed by atoms with Gasteiger partial charge in [-0.1, -0.05) is 28.1 Å². The first-order valence-electron chi connectivity index (χ1n) is 9.65. The van der Waals surface area contributed by atoms with Gasteiger partial charge in [0.05, 0.1) is 36.7 Å². The van der Waals surface area contributed by atoms with Crippen LogP contribution in [0.4, 0.5) is 0 Å². The first-order chi connectivity index (χ1) is 14.6. The summed E-state index contributed by atoms with van der Waals surface area (Å²) in [6, 6.07) is 10.4. The van der Waals surface area contributed by atoms with E-state index in [2.05, 4.69) is 67.2 Å². The van der Waals surface area contributed by atoms with E-state index in [1.54, 1.807) is 14.2 Å². The number of aromatic nitrogens is 3. The Morgan fingerprint density at radius 2 is 1.93 bits per heavy atom. The number of methoxy groups -OCH3 is 2. The molecule has 4 aromatic rings. The number of aryl methyl sites for hydroxylation is 2. The van der Waals surface area contributed by atoms with Crippen LogP contribution < -0.4 is 9.47 Å². The lowest BCUT2D eigenvalue weighted by Crippen LogP contribution is -2.11. The predicted molar refractivity (Wildman–Crippen MR) is 124 cm³/mol.